The highest BCUT2D eigenvalue weighted by Gasteiger charge is 2.04. The summed E-state index contributed by atoms with van der Waals surface area (Å²) in [5, 5.41) is 3.13. The summed E-state index contributed by atoms with van der Waals surface area (Å²) >= 11 is 0. The minimum Gasteiger partial charge on any atom is -0.351 e. The van der Waals surface area contributed by atoms with E-state index in [-0.39, 0.29) is 6.04 Å². The summed E-state index contributed by atoms with van der Waals surface area (Å²) in [6.07, 6.45) is 5.29. The lowest BCUT2D eigenvalue weighted by atomic mass is 10.1. The SMILES string of the molecule is CC(CN)Nc1ncc(-c2ccc3nc[nH]c3c2)cn1. The molecule has 2 heterocycles. The number of fused-ring (bicyclic) bond motifs is 1. The van der Waals surface area contributed by atoms with Gasteiger partial charge in [-0.15, -0.1) is 0 Å². The molecule has 0 aliphatic rings. The minimum absolute atomic E-state index is 0.155. The summed E-state index contributed by atoms with van der Waals surface area (Å²) in [4.78, 5) is 15.9. The molecule has 0 saturated heterocycles. The number of H-pyrrole nitrogens is 1. The van der Waals surface area contributed by atoms with Crippen molar-refractivity contribution in [2.45, 2.75) is 13.0 Å². The predicted octanol–water partition coefficient (Wildman–Crippen LogP) is 1.78. The van der Waals surface area contributed by atoms with Gasteiger partial charge in [0.15, 0.2) is 0 Å². The zero-order chi connectivity index (χ0) is 13.9. The van der Waals surface area contributed by atoms with Crippen LogP contribution in [0.1, 0.15) is 6.92 Å². The fraction of sp³-hybridized carbons (Fsp3) is 0.214. The summed E-state index contributed by atoms with van der Waals surface area (Å²) in [5.74, 6) is 0.592. The number of nitrogens with two attached hydrogens (primary N) is 1. The molecule has 0 amide bonds. The third-order valence-corrected chi connectivity index (χ3v) is 3.13. The van der Waals surface area contributed by atoms with E-state index in [9.17, 15) is 0 Å². The highest BCUT2D eigenvalue weighted by atomic mass is 15.1. The van der Waals surface area contributed by atoms with Crippen molar-refractivity contribution in [1.82, 2.24) is 19.9 Å². The van der Waals surface area contributed by atoms with E-state index in [1.807, 2.05) is 25.1 Å². The van der Waals surface area contributed by atoms with Crippen molar-refractivity contribution < 1.29 is 0 Å². The summed E-state index contributed by atoms with van der Waals surface area (Å²) < 4.78 is 0. The molecule has 0 radical (unpaired) electrons. The van der Waals surface area contributed by atoms with Gasteiger partial charge in [-0.1, -0.05) is 6.07 Å². The molecule has 1 aromatic carbocycles. The fourth-order valence-electron chi connectivity index (χ4n) is 1.95. The van der Waals surface area contributed by atoms with Gasteiger partial charge in [0, 0.05) is 30.5 Å². The summed E-state index contributed by atoms with van der Waals surface area (Å²) in [6, 6.07) is 6.18. The molecule has 2 aromatic heterocycles. The second-order valence-corrected chi connectivity index (χ2v) is 4.71. The fourth-order valence-corrected chi connectivity index (χ4v) is 1.95. The molecule has 0 fully saturated rings. The number of hydrogen-bond acceptors (Lipinski definition) is 5. The normalized spacial score (nSPS) is 12.5. The second-order valence-electron chi connectivity index (χ2n) is 4.71. The number of hydrogen-bond donors (Lipinski definition) is 3. The standard InChI is InChI=1S/C14H16N6/c1-9(5-15)20-14-16-6-11(7-17-14)10-2-3-12-13(4-10)19-8-18-12/h2-4,6-9H,5,15H2,1H3,(H,18,19)(H,16,17,20). The Morgan fingerprint density at radius 3 is 2.75 bits per heavy atom. The van der Waals surface area contributed by atoms with Gasteiger partial charge in [0.05, 0.1) is 17.4 Å². The topological polar surface area (TPSA) is 92.5 Å². The molecule has 102 valence electrons. The van der Waals surface area contributed by atoms with Crippen LogP contribution in [0, 0.1) is 0 Å². The van der Waals surface area contributed by atoms with Gasteiger partial charge in [-0.2, -0.15) is 0 Å². The van der Waals surface area contributed by atoms with Crippen molar-refractivity contribution in [2.24, 2.45) is 5.73 Å². The number of benzene rings is 1. The Hall–Kier alpha value is -2.47. The van der Waals surface area contributed by atoms with Crippen LogP contribution in [-0.4, -0.2) is 32.5 Å². The van der Waals surface area contributed by atoms with Gasteiger partial charge in [0.2, 0.25) is 5.95 Å². The van der Waals surface area contributed by atoms with Crippen molar-refractivity contribution in [3.8, 4) is 11.1 Å². The lowest BCUT2D eigenvalue weighted by Crippen LogP contribution is -2.26. The van der Waals surface area contributed by atoms with Crippen LogP contribution in [-0.2, 0) is 0 Å². The van der Waals surface area contributed by atoms with E-state index in [2.05, 4.69) is 25.3 Å². The number of nitrogens with zero attached hydrogens (tertiary/aromatic N) is 3. The summed E-state index contributed by atoms with van der Waals surface area (Å²) in [6.45, 7) is 2.53. The second kappa shape index (κ2) is 5.26. The third kappa shape index (κ3) is 2.46. The number of aromatic nitrogens is 4. The predicted molar refractivity (Wildman–Crippen MR) is 79.3 cm³/mol. The van der Waals surface area contributed by atoms with E-state index < -0.39 is 0 Å². The number of nitrogens with one attached hydrogen (secondary N) is 2. The number of anilines is 1. The molecule has 20 heavy (non-hydrogen) atoms. The Balaban J connectivity index is 1.86. The quantitative estimate of drug-likeness (QED) is 0.670. The first-order chi connectivity index (χ1) is 9.76. The lowest BCUT2D eigenvalue weighted by molar-refractivity contribution is 0.790. The van der Waals surface area contributed by atoms with Crippen LogP contribution in [0.2, 0.25) is 0 Å². The van der Waals surface area contributed by atoms with Crippen LogP contribution in [0.25, 0.3) is 22.2 Å². The Kier molecular flexibility index (Phi) is 3.30. The van der Waals surface area contributed by atoms with Gasteiger partial charge in [0.25, 0.3) is 0 Å². The van der Waals surface area contributed by atoms with E-state index in [0.717, 1.165) is 22.2 Å². The van der Waals surface area contributed by atoms with Crippen molar-refractivity contribution in [3.63, 3.8) is 0 Å². The van der Waals surface area contributed by atoms with Crippen LogP contribution in [0.5, 0.6) is 0 Å². The molecular formula is C14H16N6. The smallest absolute Gasteiger partial charge is 0.222 e. The van der Waals surface area contributed by atoms with Gasteiger partial charge in [-0.3, -0.25) is 0 Å². The zero-order valence-electron chi connectivity index (χ0n) is 11.2. The van der Waals surface area contributed by atoms with E-state index >= 15 is 0 Å². The van der Waals surface area contributed by atoms with Gasteiger partial charge in [0.1, 0.15) is 0 Å². The molecule has 3 rings (SSSR count). The highest BCUT2D eigenvalue weighted by molar-refractivity contribution is 5.81. The average molecular weight is 268 g/mol. The first kappa shape index (κ1) is 12.6. The van der Waals surface area contributed by atoms with E-state index in [1.165, 1.54) is 0 Å². The van der Waals surface area contributed by atoms with Gasteiger partial charge < -0.3 is 16.0 Å². The molecular weight excluding hydrogens is 252 g/mol. The molecule has 6 nitrogen and oxygen atoms in total. The molecule has 0 bridgehead atoms. The summed E-state index contributed by atoms with van der Waals surface area (Å²) in [5.41, 5.74) is 9.53. The Labute approximate surface area is 116 Å². The Morgan fingerprint density at radius 1 is 1.20 bits per heavy atom. The lowest BCUT2D eigenvalue weighted by Gasteiger charge is -2.10. The minimum atomic E-state index is 0.155. The van der Waals surface area contributed by atoms with Crippen LogP contribution < -0.4 is 11.1 Å². The van der Waals surface area contributed by atoms with Crippen molar-refractivity contribution in [3.05, 3.63) is 36.9 Å². The largest absolute Gasteiger partial charge is 0.351 e. The van der Waals surface area contributed by atoms with E-state index in [4.69, 9.17) is 5.73 Å². The maximum absolute atomic E-state index is 5.56. The molecule has 0 saturated carbocycles. The Morgan fingerprint density at radius 2 is 2.00 bits per heavy atom. The molecule has 1 atom stereocenters. The number of aromatic amines is 1. The molecule has 0 aliphatic carbocycles. The highest BCUT2D eigenvalue weighted by Crippen LogP contribution is 2.21. The first-order valence-corrected chi connectivity index (χ1v) is 6.48. The molecule has 6 heteroatoms. The molecule has 3 aromatic rings. The third-order valence-electron chi connectivity index (χ3n) is 3.13. The van der Waals surface area contributed by atoms with Crippen LogP contribution in [0.15, 0.2) is 36.9 Å². The van der Waals surface area contributed by atoms with Crippen molar-refractivity contribution in [1.29, 1.82) is 0 Å². The number of imidazole rings is 1. The molecule has 0 spiro atoms. The molecule has 1 unspecified atom stereocenters. The monoisotopic (exact) mass is 268 g/mol. The van der Waals surface area contributed by atoms with Gasteiger partial charge in [-0.25, -0.2) is 15.0 Å². The maximum Gasteiger partial charge on any atom is 0.222 e. The van der Waals surface area contributed by atoms with Crippen LogP contribution >= 0.6 is 0 Å². The number of rotatable bonds is 4. The van der Waals surface area contributed by atoms with Gasteiger partial charge in [-0.05, 0) is 24.6 Å². The Bertz CT molecular complexity index is 703. The zero-order valence-corrected chi connectivity index (χ0v) is 11.2. The van der Waals surface area contributed by atoms with Gasteiger partial charge >= 0.3 is 0 Å². The van der Waals surface area contributed by atoms with Crippen LogP contribution in [0.3, 0.4) is 0 Å². The average Bonchev–Trinajstić information content (AvgIpc) is 2.95. The van der Waals surface area contributed by atoms with E-state index in [1.54, 1.807) is 18.7 Å². The molecule has 0 aliphatic heterocycles. The first-order valence-electron chi connectivity index (χ1n) is 6.48. The van der Waals surface area contributed by atoms with Crippen LogP contribution in [0.4, 0.5) is 5.95 Å². The summed E-state index contributed by atoms with van der Waals surface area (Å²) in [7, 11) is 0. The van der Waals surface area contributed by atoms with Crippen molar-refractivity contribution >= 4 is 17.0 Å². The van der Waals surface area contributed by atoms with Crippen molar-refractivity contribution in [2.75, 3.05) is 11.9 Å². The maximum atomic E-state index is 5.56. The molecule has 4 N–H and O–H groups in total. The van der Waals surface area contributed by atoms with E-state index in [0.29, 0.717) is 12.5 Å².